The molecule has 0 saturated carbocycles. The van der Waals surface area contributed by atoms with E-state index in [0.29, 0.717) is 10.2 Å². The molecule has 0 radical (unpaired) electrons. The van der Waals surface area contributed by atoms with Gasteiger partial charge in [-0.25, -0.2) is 4.98 Å². The maximum absolute atomic E-state index is 12.4. The van der Waals surface area contributed by atoms with Gasteiger partial charge in [-0.05, 0) is 54.0 Å². The van der Waals surface area contributed by atoms with Crippen LogP contribution < -0.4 is 0 Å². The number of halogens is 1. The molecule has 2 aromatic heterocycles. The van der Waals surface area contributed by atoms with Crippen molar-refractivity contribution in [2.75, 3.05) is 7.05 Å². The van der Waals surface area contributed by atoms with Gasteiger partial charge in [-0.1, -0.05) is 0 Å². The molecule has 2 heterocycles. The molecule has 5 heteroatoms. The Kier molecular flexibility index (Phi) is 4.37. The number of pyridine rings is 1. The van der Waals surface area contributed by atoms with Crippen LogP contribution in [0.5, 0.6) is 0 Å². The van der Waals surface area contributed by atoms with Gasteiger partial charge in [0.25, 0.3) is 5.91 Å². The summed E-state index contributed by atoms with van der Waals surface area (Å²) in [6.07, 6.45) is 1.66. The summed E-state index contributed by atoms with van der Waals surface area (Å²) in [7, 11) is 1.82. The Morgan fingerprint density at radius 3 is 2.74 bits per heavy atom. The largest absolute Gasteiger partial charge is 0.334 e. The Hall–Kier alpha value is -1.20. The molecule has 1 unspecified atom stereocenters. The summed E-state index contributed by atoms with van der Waals surface area (Å²) in [5.41, 5.74) is 0.588. The number of hydrogen-bond acceptors (Lipinski definition) is 3. The quantitative estimate of drug-likeness (QED) is 0.791. The molecule has 0 aliphatic rings. The van der Waals surface area contributed by atoms with Crippen molar-refractivity contribution in [3.8, 4) is 0 Å². The lowest BCUT2D eigenvalue weighted by Gasteiger charge is -2.24. The molecule has 0 spiro atoms. The van der Waals surface area contributed by atoms with Crippen LogP contribution >= 0.6 is 27.3 Å². The third kappa shape index (κ3) is 3.04. The van der Waals surface area contributed by atoms with E-state index in [1.807, 2.05) is 14.0 Å². The van der Waals surface area contributed by atoms with Gasteiger partial charge in [0.2, 0.25) is 0 Å². The normalized spacial score (nSPS) is 12.2. The van der Waals surface area contributed by atoms with Crippen LogP contribution in [0.1, 0.15) is 33.1 Å². The maximum atomic E-state index is 12.4. The van der Waals surface area contributed by atoms with E-state index < -0.39 is 0 Å². The van der Waals surface area contributed by atoms with Gasteiger partial charge in [0.05, 0.1) is 11.6 Å². The van der Waals surface area contributed by atoms with Gasteiger partial charge in [-0.2, -0.15) is 0 Å². The molecule has 0 fully saturated rings. The van der Waals surface area contributed by atoms with E-state index in [0.717, 1.165) is 0 Å². The summed E-state index contributed by atoms with van der Waals surface area (Å²) in [5.74, 6) is -0.0291. The average Bonchev–Trinajstić information content (AvgIpc) is 2.83. The molecule has 1 amide bonds. The lowest BCUT2D eigenvalue weighted by Crippen LogP contribution is -2.29. The van der Waals surface area contributed by atoms with Crippen molar-refractivity contribution in [1.82, 2.24) is 9.88 Å². The number of thiophene rings is 1. The van der Waals surface area contributed by atoms with Crippen molar-refractivity contribution in [2.45, 2.75) is 19.9 Å². The second kappa shape index (κ2) is 5.84. The highest BCUT2D eigenvalue weighted by Crippen LogP contribution is 2.28. The van der Waals surface area contributed by atoms with Crippen LogP contribution in [-0.2, 0) is 0 Å². The van der Waals surface area contributed by atoms with E-state index in [1.165, 1.54) is 9.75 Å². The van der Waals surface area contributed by atoms with Gasteiger partial charge in [0.1, 0.15) is 4.60 Å². The number of carbonyl (C=O) groups is 1. The Morgan fingerprint density at radius 1 is 1.42 bits per heavy atom. The average molecular weight is 339 g/mol. The predicted octanol–water partition coefficient (Wildman–Crippen LogP) is 4.05. The molecular formula is C14H15BrN2OS. The second-order valence-corrected chi connectivity index (χ2v) is 6.45. The van der Waals surface area contributed by atoms with Crippen LogP contribution in [0, 0.1) is 6.92 Å². The first kappa shape index (κ1) is 14.2. The van der Waals surface area contributed by atoms with Crippen molar-refractivity contribution < 1.29 is 4.79 Å². The first-order chi connectivity index (χ1) is 9.00. The molecule has 0 aliphatic heterocycles. The molecule has 0 aliphatic carbocycles. The summed E-state index contributed by atoms with van der Waals surface area (Å²) < 4.78 is 0.585. The summed E-state index contributed by atoms with van der Waals surface area (Å²) >= 11 is 5.04. The zero-order valence-electron chi connectivity index (χ0n) is 11.1. The van der Waals surface area contributed by atoms with Gasteiger partial charge < -0.3 is 4.90 Å². The number of hydrogen-bond donors (Lipinski definition) is 0. The molecule has 100 valence electrons. The van der Waals surface area contributed by atoms with Gasteiger partial charge in [0.15, 0.2) is 0 Å². The number of carbonyl (C=O) groups excluding carboxylic acids is 1. The molecule has 2 rings (SSSR count). The first-order valence-electron chi connectivity index (χ1n) is 5.94. The monoisotopic (exact) mass is 338 g/mol. The number of rotatable bonds is 3. The molecule has 0 aromatic carbocycles. The van der Waals surface area contributed by atoms with Crippen molar-refractivity contribution in [1.29, 1.82) is 0 Å². The van der Waals surface area contributed by atoms with Crippen LogP contribution in [-0.4, -0.2) is 22.8 Å². The number of nitrogens with zero attached hydrogens (tertiary/aromatic N) is 2. The van der Waals surface area contributed by atoms with E-state index in [9.17, 15) is 4.79 Å². The van der Waals surface area contributed by atoms with E-state index in [2.05, 4.69) is 40.0 Å². The zero-order chi connectivity index (χ0) is 14.0. The van der Waals surface area contributed by atoms with Crippen molar-refractivity contribution >= 4 is 33.2 Å². The highest BCUT2D eigenvalue weighted by atomic mass is 79.9. The highest BCUT2D eigenvalue weighted by Gasteiger charge is 2.21. The van der Waals surface area contributed by atoms with E-state index in [1.54, 1.807) is 34.6 Å². The lowest BCUT2D eigenvalue weighted by molar-refractivity contribution is 0.0743. The van der Waals surface area contributed by atoms with E-state index in [4.69, 9.17) is 0 Å². The van der Waals surface area contributed by atoms with Crippen molar-refractivity contribution in [3.63, 3.8) is 0 Å². The van der Waals surface area contributed by atoms with Gasteiger partial charge in [-0.15, -0.1) is 11.3 Å². The third-order valence-corrected chi connectivity index (χ3v) is 4.87. The maximum Gasteiger partial charge on any atom is 0.256 e. The smallest absolute Gasteiger partial charge is 0.256 e. The zero-order valence-corrected chi connectivity index (χ0v) is 13.5. The molecule has 1 atom stereocenters. The minimum absolute atomic E-state index is 0.0291. The summed E-state index contributed by atoms with van der Waals surface area (Å²) in [5, 5.41) is 0. The fourth-order valence-corrected chi connectivity index (χ4v) is 3.17. The summed E-state index contributed by atoms with van der Waals surface area (Å²) in [6.45, 7) is 4.11. The van der Waals surface area contributed by atoms with Crippen LogP contribution in [0.15, 0.2) is 35.1 Å². The molecule has 19 heavy (non-hydrogen) atoms. The first-order valence-corrected chi connectivity index (χ1v) is 7.55. The number of aryl methyl sites for hydroxylation is 1. The standard InChI is InChI=1S/C14H15BrN2OS/c1-9-6-7-12(19-9)10(2)17(3)14(18)11-5-4-8-16-13(11)15/h4-8,10H,1-3H3. The van der Waals surface area contributed by atoms with Crippen LogP contribution in [0.4, 0.5) is 0 Å². The highest BCUT2D eigenvalue weighted by molar-refractivity contribution is 9.10. The predicted molar refractivity (Wildman–Crippen MR) is 81.5 cm³/mol. The summed E-state index contributed by atoms with van der Waals surface area (Å²) in [4.78, 5) is 20.7. The molecular weight excluding hydrogens is 324 g/mol. The minimum Gasteiger partial charge on any atom is -0.334 e. The van der Waals surface area contributed by atoms with Crippen LogP contribution in [0.25, 0.3) is 0 Å². The van der Waals surface area contributed by atoms with Crippen LogP contribution in [0.3, 0.4) is 0 Å². The number of aromatic nitrogens is 1. The van der Waals surface area contributed by atoms with Gasteiger partial charge in [0, 0.05) is 23.0 Å². The van der Waals surface area contributed by atoms with Gasteiger partial charge >= 0.3 is 0 Å². The SMILES string of the molecule is Cc1ccc(C(C)N(C)C(=O)c2cccnc2Br)s1. The number of amides is 1. The minimum atomic E-state index is -0.0291. The van der Waals surface area contributed by atoms with Gasteiger partial charge in [-0.3, -0.25) is 4.79 Å². The van der Waals surface area contributed by atoms with Crippen LogP contribution in [0.2, 0.25) is 0 Å². The Labute approximate surface area is 125 Å². The molecule has 3 nitrogen and oxygen atoms in total. The Balaban J connectivity index is 2.22. The molecule has 0 N–H and O–H groups in total. The Morgan fingerprint density at radius 2 is 2.16 bits per heavy atom. The lowest BCUT2D eigenvalue weighted by atomic mass is 10.2. The molecule has 2 aromatic rings. The third-order valence-electron chi connectivity index (χ3n) is 3.06. The van der Waals surface area contributed by atoms with E-state index in [-0.39, 0.29) is 11.9 Å². The fourth-order valence-electron chi connectivity index (χ4n) is 1.78. The topological polar surface area (TPSA) is 33.2 Å². The van der Waals surface area contributed by atoms with Crippen molar-refractivity contribution in [3.05, 3.63) is 50.4 Å². The molecule has 0 bridgehead atoms. The Bertz CT molecular complexity index is 597. The molecule has 0 saturated heterocycles. The fraction of sp³-hybridized carbons (Fsp3) is 0.286. The summed E-state index contributed by atoms with van der Waals surface area (Å²) in [6, 6.07) is 7.76. The van der Waals surface area contributed by atoms with E-state index >= 15 is 0 Å². The van der Waals surface area contributed by atoms with Crippen molar-refractivity contribution in [2.24, 2.45) is 0 Å². The second-order valence-electron chi connectivity index (χ2n) is 4.38.